The van der Waals surface area contributed by atoms with Crippen LogP contribution in [0.4, 0.5) is 0 Å². The van der Waals surface area contributed by atoms with Gasteiger partial charge in [0.15, 0.2) is 0 Å². The van der Waals surface area contributed by atoms with Gasteiger partial charge in [-0.1, -0.05) is 47.0 Å². The predicted molar refractivity (Wildman–Crippen MR) is 77.3 cm³/mol. The molecule has 1 rings (SSSR count). The van der Waals surface area contributed by atoms with Gasteiger partial charge in [0.25, 0.3) is 0 Å². The molecule has 1 aliphatic heterocycles. The summed E-state index contributed by atoms with van der Waals surface area (Å²) in [5.74, 6) is 2.74. The molecule has 1 fully saturated rings. The smallest absolute Gasteiger partial charge is 0.000438 e. The summed E-state index contributed by atoms with van der Waals surface area (Å²) in [7, 11) is 0. The monoisotopic (exact) mass is 239 g/mol. The fourth-order valence-electron chi connectivity index (χ4n) is 3.16. The van der Waals surface area contributed by atoms with Crippen molar-refractivity contribution in [2.24, 2.45) is 17.8 Å². The predicted octanol–water partition coefficient (Wildman–Crippen LogP) is 4.57. The quantitative estimate of drug-likeness (QED) is 0.697. The zero-order valence-corrected chi connectivity index (χ0v) is 12.5. The van der Waals surface area contributed by atoms with Gasteiger partial charge in [-0.3, -0.25) is 0 Å². The van der Waals surface area contributed by atoms with Gasteiger partial charge in [0.2, 0.25) is 0 Å². The van der Waals surface area contributed by atoms with Crippen LogP contribution in [0.25, 0.3) is 0 Å². The molecule has 2 unspecified atom stereocenters. The van der Waals surface area contributed by atoms with E-state index < -0.39 is 0 Å². The molecule has 102 valence electrons. The van der Waals surface area contributed by atoms with Crippen molar-refractivity contribution in [1.29, 1.82) is 0 Å². The van der Waals surface area contributed by atoms with Crippen LogP contribution >= 0.6 is 0 Å². The van der Waals surface area contributed by atoms with Gasteiger partial charge >= 0.3 is 0 Å². The highest BCUT2D eigenvalue weighted by Gasteiger charge is 2.16. The first-order chi connectivity index (χ1) is 8.11. The minimum Gasteiger partial charge on any atom is -0.303 e. The minimum atomic E-state index is 0.816. The molecule has 0 amide bonds. The maximum atomic E-state index is 2.70. The van der Waals surface area contributed by atoms with Crippen molar-refractivity contribution in [1.82, 2.24) is 4.90 Å². The number of nitrogens with zero attached hydrogens (tertiary/aromatic N) is 1. The van der Waals surface area contributed by atoms with Crippen LogP contribution in [-0.2, 0) is 0 Å². The summed E-state index contributed by atoms with van der Waals surface area (Å²) in [4.78, 5) is 2.70. The average Bonchev–Trinajstić information content (AvgIpc) is 2.28. The molecular weight excluding hydrogens is 206 g/mol. The lowest BCUT2D eigenvalue weighted by molar-refractivity contribution is 0.201. The third kappa shape index (κ3) is 6.45. The molecule has 0 bridgehead atoms. The maximum absolute atomic E-state index is 2.70. The van der Waals surface area contributed by atoms with Gasteiger partial charge in [0.1, 0.15) is 0 Å². The molecule has 1 aliphatic rings. The summed E-state index contributed by atoms with van der Waals surface area (Å²) in [6.45, 7) is 13.5. The van der Waals surface area contributed by atoms with E-state index in [0.29, 0.717) is 0 Å². The van der Waals surface area contributed by atoms with Crippen molar-refractivity contribution < 1.29 is 0 Å². The van der Waals surface area contributed by atoms with E-state index in [9.17, 15) is 0 Å². The Morgan fingerprint density at radius 2 is 1.88 bits per heavy atom. The lowest BCUT2D eigenvalue weighted by Crippen LogP contribution is -2.31. The second-order valence-electron chi connectivity index (χ2n) is 6.59. The molecule has 0 aromatic carbocycles. The van der Waals surface area contributed by atoms with Gasteiger partial charge in [-0.15, -0.1) is 0 Å². The topological polar surface area (TPSA) is 3.24 Å². The standard InChI is InChI=1S/C16H33N/c1-5-16-8-6-7-10-17(13-14(2)3)11-9-15(4)12-16/h14-16H,5-13H2,1-4H3. The minimum absolute atomic E-state index is 0.816. The Bertz CT molecular complexity index is 188. The summed E-state index contributed by atoms with van der Waals surface area (Å²) in [5, 5.41) is 0. The van der Waals surface area contributed by atoms with Crippen LogP contribution in [0.2, 0.25) is 0 Å². The van der Waals surface area contributed by atoms with Crippen LogP contribution in [0.15, 0.2) is 0 Å². The van der Waals surface area contributed by atoms with Crippen molar-refractivity contribution >= 4 is 0 Å². The van der Waals surface area contributed by atoms with E-state index in [1.54, 1.807) is 0 Å². The fraction of sp³-hybridized carbons (Fsp3) is 1.00. The van der Waals surface area contributed by atoms with Crippen LogP contribution in [0.1, 0.15) is 66.2 Å². The lowest BCUT2D eigenvalue weighted by atomic mass is 9.87. The van der Waals surface area contributed by atoms with E-state index in [1.807, 2.05) is 0 Å². The Morgan fingerprint density at radius 1 is 1.12 bits per heavy atom. The molecule has 0 aromatic heterocycles. The van der Waals surface area contributed by atoms with Gasteiger partial charge in [-0.25, -0.2) is 0 Å². The van der Waals surface area contributed by atoms with Crippen LogP contribution in [0.3, 0.4) is 0 Å². The Morgan fingerprint density at radius 3 is 2.53 bits per heavy atom. The maximum Gasteiger partial charge on any atom is 0.000438 e. The van der Waals surface area contributed by atoms with Crippen molar-refractivity contribution in [2.75, 3.05) is 19.6 Å². The number of hydrogen-bond acceptors (Lipinski definition) is 1. The van der Waals surface area contributed by atoms with Crippen molar-refractivity contribution in [3.05, 3.63) is 0 Å². The molecule has 0 saturated carbocycles. The van der Waals surface area contributed by atoms with E-state index in [4.69, 9.17) is 0 Å². The highest BCUT2D eigenvalue weighted by Crippen LogP contribution is 2.25. The Labute approximate surface area is 109 Å². The van der Waals surface area contributed by atoms with Crippen molar-refractivity contribution in [3.63, 3.8) is 0 Å². The Hall–Kier alpha value is -0.0400. The van der Waals surface area contributed by atoms with Crippen LogP contribution in [0.5, 0.6) is 0 Å². The summed E-state index contributed by atoms with van der Waals surface area (Å²) >= 11 is 0. The first-order valence-corrected chi connectivity index (χ1v) is 7.84. The molecule has 17 heavy (non-hydrogen) atoms. The van der Waals surface area contributed by atoms with Crippen molar-refractivity contribution in [3.8, 4) is 0 Å². The molecular formula is C16H33N. The molecule has 2 atom stereocenters. The first-order valence-electron chi connectivity index (χ1n) is 7.84. The number of hydrogen-bond donors (Lipinski definition) is 0. The Balaban J connectivity index is 2.41. The van der Waals surface area contributed by atoms with Gasteiger partial charge in [0.05, 0.1) is 0 Å². The summed E-state index contributed by atoms with van der Waals surface area (Å²) in [6.07, 6.45) is 8.59. The summed E-state index contributed by atoms with van der Waals surface area (Å²) in [6, 6.07) is 0. The van der Waals surface area contributed by atoms with Crippen LogP contribution in [-0.4, -0.2) is 24.5 Å². The highest BCUT2D eigenvalue weighted by molar-refractivity contribution is 4.69. The zero-order valence-electron chi connectivity index (χ0n) is 12.5. The van der Waals surface area contributed by atoms with E-state index in [2.05, 4.69) is 32.6 Å². The lowest BCUT2D eigenvalue weighted by Gasteiger charge is -2.29. The molecule has 1 heterocycles. The highest BCUT2D eigenvalue weighted by atomic mass is 15.1. The van der Waals surface area contributed by atoms with E-state index >= 15 is 0 Å². The van der Waals surface area contributed by atoms with Crippen molar-refractivity contribution in [2.45, 2.75) is 66.2 Å². The Kier molecular flexibility index (Phi) is 7.18. The third-order valence-corrected chi connectivity index (χ3v) is 4.21. The third-order valence-electron chi connectivity index (χ3n) is 4.21. The molecule has 0 aliphatic carbocycles. The molecule has 0 N–H and O–H groups in total. The zero-order chi connectivity index (χ0) is 12.7. The molecule has 0 aromatic rings. The van der Waals surface area contributed by atoms with Gasteiger partial charge in [0, 0.05) is 6.54 Å². The first kappa shape index (κ1) is 15.0. The average molecular weight is 239 g/mol. The van der Waals surface area contributed by atoms with Gasteiger partial charge in [-0.2, -0.15) is 0 Å². The second kappa shape index (κ2) is 8.13. The molecule has 1 heteroatoms. The van der Waals surface area contributed by atoms with Crippen LogP contribution in [0, 0.1) is 17.8 Å². The van der Waals surface area contributed by atoms with E-state index in [1.165, 1.54) is 58.2 Å². The summed E-state index contributed by atoms with van der Waals surface area (Å²) < 4.78 is 0. The summed E-state index contributed by atoms with van der Waals surface area (Å²) in [5.41, 5.74) is 0. The largest absolute Gasteiger partial charge is 0.303 e. The van der Waals surface area contributed by atoms with E-state index in [0.717, 1.165) is 17.8 Å². The molecule has 1 saturated heterocycles. The van der Waals surface area contributed by atoms with Gasteiger partial charge < -0.3 is 4.90 Å². The SMILES string of the molecule is CCC1CCCCN(CC(C)C)CCC(C)C1. The molecule has 0 radical (unpaired) electrons. The fourth-order valence-corrected chi connectivity index (χ4v) is 3.16. The number of rotatable bonds is 3. The second-order valence-corrected chi connectivity index (χ2v) is 6.59. The molecule has 0 spiro atoms. The normalized spacial score (nSPS) is 29.5. The van der Waals surface area contributed by atoms with Gasteiger partial charge in [-0.05, 0) is 50.1 Å². The molecule has 1 nitrogen and oxygen atoms in total. The van der Waals surface area contributed by atoms with Crippen LogP contribution < -0.4 is 0 Å². The van der Waals surface area contributed by atoms with E-state index in [-0.39, 0.29) is 0 Å².